The Bertz CT molecular complexity index is 809. The monoisotopic (exact) mass is 355 g/mol. The molecule has 2 unspecified atom stereocenters. The Kier molecular flexibility index (Phi) is 3.87. The van der Waals surface area contributed by atoms with Gasteiger partial charge >= 0.3 is 0 Å². The molecule has 2 saturated carbocycles. The molecule has 2 aliphatic carbocycles. The molecule has 1 aromatic heterocycles. The van der Waals surface area contributed by atoms with Crippen molar-refractivity contribution in [1.29, 1.82) is 0 Å². The Balaban J connectivity index is 1.50. The average Bonchev–Trinajstić information content (AvgIpc) is 3.22. The molecule has 2 atom stereocenters. The maximum absolute atomic E-state index is 5.21. The number of fused-ring (bicyclic) bond motifs is 2. The number of benzene rings is 1. The van der Waals surface area contributed by atoms with Crippen LogP contribution in [0.4, 0.5) is 5.13 Å². The summed E-state index contributed by atoms with van der Waals surface area (Å²) in [5.74, 6) is 1.63. The number of ether oxygens (including phenoxy) is 1. The van der Waals surface area contributed by atoms with Crippen LogP contribution in [0.2, 0.25) is 0 Å². The Morgan fingerprint density at radius 2 is 2.00 bits per heavy atom. The van der Waals surface area contributed by atoms with Gasteiger partial charge in [-0.25, -0.2) is 4.98 Å². The summed E-state index contributed by atoms with van der Waals surface area (Å²) in [6.45, 7) is 7.18. The molecule has 25 heavy (non-hydrogen) atoms. The van der Waals surface area contributed by atoms with E-state index in [9.17, 15) is 0 Å². The van der Waals surface area contributed by atoms with Gasteiger partial charge in [0.1, 0.15) is 5.75 Å². The van der Waals surface area contributed by atoms with Crippen LogP contribution in [0.25, 0.3) is 11.3 Å². The molecule has 1 aromatic carbocycles. The van der Waals surface area contributed by atoms with E-state index in [-0.39, 0.29) is 5.41 Å². The van der Waals surface area contributed by atoms with Gasteiger partial charge in [0.2, 0.25) is 5.13 Å². The van der Waals surface area contributed by atoms with Crippen molar-refractivity contribution in [2.45, 2.75) is 40.0 Å². The molecule has 0 aliphatic heterocycles. The van der Waals surface area contributed by atoms with Gasteiger partial charge in [-0.05, 0) is 54.9 Å². The smallest absolute Gasteiger partial charge is 0.203 e. The van der Waals surface area contributed by atoms with Crippen molar-refractivity contribution in [2.75, 3.05) is 12.5 Å². The third kappa shape index (κ3) is 2.56. The highest BCUT2D eigenvalue weighted by Crippen LogP contribution is 2.63. The standard InChI is InChI=1S/C20H25N3OS/c1-19(2)14-9-10-20(19,3)17(11-14)22-23-18-21-16(12-25-18)13-5-7-15(24-4)8-6-13/h5-8,12,14H,9-11H2,1-4H3,(H,21,23)/b22-17+. The molecule has 132 valence electrons. The van der Waals surface area contributed by atoms with E-state index in [1.165, 1.54) is 18.6 Å². The zero-order valence-corrected chi connectivity index (χ0v) is 16.1. The lowest BCUT2D eigenvalue weighted by Gasteiger charge is -2.34. The van der Waals surface area contributed by atoms with Crippen molar-refractivity contribution >= 4 is 22.2 Å². The second-order valence-corrected chi connectivity index (χ2v) is 8.79. The van der Waals surface area contributed by atoms with Crippen LogP contribution in [0, 0.1) is 16.7 Å². The van der Waals surface area contributed by atoms with Gasteiger partial charge in [0.05, 0.1) is 12.8 Å². The van der Waals surface area contributed by atoms with Crippen molar-refractivity contribution in [1.82, 2.24) is 4.98 Å². The Hall–Kier alpha value is -1.88. The molecule has 0 radical (unpaired) electrons. The molecular formula is C20H25N3OS. The largest absolute Gasteiger partial charge is 0.497 e. The van der Waals surface area contributed by atoms with Crippen LogP contribution < -0.4 is 10.2 Å². The molecule has 0 amide bonds. The minimum atomic E-state index is 0.223. The van der Waals surface area contributed by atoms with Gasteiger partial charge in [-0.15, -0.1) is 11.3 Å². The number of methoxy groups -OCH3 is 1. The van der Waals surface area contributed by atoms with Gasteiger partial charge in [-0.1, -0.05) is 20.8 Å². The van der Waals surface area contributed by atoms with Gasteiger partial charge < -0.3 is 4.74 Å². The first kappa shape index (κ1) is 16.6. The molecule has 2 aliphatic rings. The predicted octanol–water partition coefficient (Wildman–Crippen LogP) is 5.43. The first-order valence-electron chi connectivity index (χ1n) is 8.87. The predicted molar refractivity (Wildman–Crippen MR) is 104 cm³/mol. The van der Waals surface area contributed by atoms with Gasteiger partial charge in [0.15, 0.2) is 0 Å². The topological polar surface area (TPSA) is 46.5 Å². The van der Waals surface area contributed by atoms with E-state index < -0.39 is 0 Å². The van der Waals surface area contributed by atoms with E-state index in [2.05, 4.69) is 36.6 Å². The third-order valence-corrected chi connectivity index (χ3v) is 7.44. The highest BCUT2D eigenvalue weighted by atomic mass is 32.1. The summed E-state index contributed by atoms with van der Waals surface area (Å²) in [7, 11) is 1.68. The molecule has 0 spiro atoms. The lowest BCUT2D eigenvalue weighted by Crippen LogP contribution is -2.32. The van der Waals surface area contributed by atoms with Crippen LogP contribution in [-0.2, 0) is 0 Å². The van der Waals surface area contributed by atoms with Crippen LogP contribution in [0.5, 0.6) is 5.75 Å². The van der Waals surface area contributed by atoms with E-state index in [1.807, 2.05) is 24.3 Å². The zero-order chi connectivity index (χ0) is 17.7. The van der Waals surface area contributed by atoms with E-state index in [4.69, 9.17) is 9.84 Å². The number of aromatic nitrogens is 1. The average molecular weight is 356 g/mol. The maximum Gasteiger partial charge on any atom is 0.203 e. The molecule has 0 saturated heterocycles. The first-order chi connectivity index (χ1) is 11.9. The fourth-order valence-corrected chi connectivity index (χ4v) is 5.09. The maximum atomic E-state index is 5.21. The number of hydrogen-bond acceptors (Lipinski definition) is 5. The van der Waals surface area contributed by atoms with E-state index >= 15 is 0 Å². The molecule has 4 nitrogen and oxygen atoms in total. The van der Waals surface area contributed by atoms with Gasteiger partial charge in [0, 0.05) is 22.1 Å². The molecule has 4 rings (SSSR count). The van der Waals surface area contributed by atoms with Crippen molar-refractivity contribution in [3.05, 3.63) is 29.6 Å². The summed E-state index contributed by atoms with van der Waals surface area (Å²) in [6, 6.07) is 7.98. The molecule has 1 N–H and O–H groups in total. The second-order valence-electron chi connectivity index (χ2n) is 7.93. The SMILES string of the molecule is COc1ccc(-c2csc(N/N=C3\CC4CCC3(C)C4(C)C)n2)cc1. The van der Waals surface area contributed by atoms with Crippen LogP contribution >= 0.6 is 11.3 Å². The zero-order valence-electron chi connectivity index (χ0n) is 15.3. The number of thiazole rings is 1. The Morgan fingerprint density at radius 3 is 2.60 bits per heavy atom. The minimum Gasteiger partial charge on any atom is -0.497 e. The van der Waals surface area contributed by atoms with Crippen LogP contribution in [0.1, 0.15) is 40.0 Å². The third-order valence-electron chi connectivity index (χ3n) is 6.69. The van der Waals surface area contributed by atoms with E-state index in [0.717, 1.165) is 34.5 Å². The number of anilines is 1. The number of nitrogens with one attached hydrogen (secondary N) is 1. The van der Waals surface area contributed by atoms with Crippen LogP contribution in [0.15, 0.2) is 34.7 Å². The summed E-state index contributed by atoms with van der Waals surface area (Å²) in [5.41, 5.74) is 7.16. The lowest BCUT2D eigenvalue weighted by atomic mass is 9.70. The fourth-order valence-electron chi connectivity index (χ4n) is 4.43. The van der Waals surface area contributed by atoms with Crippen molar-refractivity contribution in [2.24, 2.45) is 21.8 Å². The fraction of sp³-hybridized carbons (Fsp3) is 0.500. The molecule has 2 bridgehead atoms. The number of rotatable bonds is 4. The van der Waals surface area contributed by atoms with Gasteiger partial charge in [0.25, 0.3) is 0 Å². The highest BCUT2D eigenvalue weighted by molar-refractivity contribution is 7.14. The van der Waals surface area contributed by atoms with Crippen LogP contribution in [-0.4, -0.2) is 17.8 Å². The van der Waals surface area contributed by atoms with Gasteiger partial charge in [-0.2, -0.15) is 5.10 Å². The molecule has 1 heterocycles. The van der Waals surface area contributed by atoms with Crippen LogP contribution in [0.3, 0.4) is 0 Å². The summed E-state index contributed by atoms with van der Waals surface area (Å²) in [5, 5.41) is 7.69. The molecule has 5 heteroatoms. The quantitative estimate of drug-likeness (QED) is 0.744. The van der Waals surface area contributed by atoms with Crippen molar-refractivity contribution in [3.8, 4) is 17.0 Å². The van der Waals surface area contributed by atoms with E-state index in [0.29, 0.717) is 5.41 Å². The normalized spacial score (nSPS) is 28.5. The Morgan fingerprint density at radius 1 is 1.24 bits per heavy atom. The molecule has 2 aromatic rings. The second kappa shape index (κ2) is 5.84. The first-order valence-corrected chi connectivity index (χ1v) is 9.75. The van der Waals surface area contributed by atoms with E-state index in [1.54, 1.807) is 18.4 Å². The Labute approximate surface area is 153 Å². The number of hydrazone groups is 1. The van der Waals surface area contributed by atoms with Gasteiger partial charge in [-0.3, -0.25) is 5.43 Å². The van der Waals surface area contributed by atoms with Crippen molar-refractivity contribution in [3.63, 3.8) is 0 Å². The minimum absolute atomic E-state index is 0.223. The summed E-state index contributed by atoms with van der Waals surface area (Å²) in [6.07, 6.45) is 3.70. The highest BCUT2D eigenvalue weighted by Gasteiger charge is 2.59. The van der Waals surface area contributed by atoms with Crippen molar-refractivity contribution < 1.29 is 4.74 Å². The lowest BCUT2D eigenvalue weighted by molar-refractivity contribution is 0.194. The summed E-state index contributed by atoms with van der Waals surface area (Å²) in [4.78, 5) is 4.68. The number of nitrogens with zero attached hydrogens (tertiary/aromatic N) is 2. The number of hydrogen-bond donors (Lipinski definition) is 1. The summed E-state index contributed by atoms with van der Waals surface area (Å²) < 4.78 is 5.21. The molecular weight excluding hydrogens is 330 g/mol. The molecule has 2 fully saturated rings. The summed E-state index contributed by atoms with van der Waals surface area (Å²) >= 11 is 1.60.